The summed E-state index contributed by atoms with van der Waals surface area (Å²) in [6, 6.07) is 20.5. The van der Waals surface area contributed by atoms with Gasteiger partial charge in [-0.1, -0.05) is 59.8 Å². The number of rotatable bonds is 3. The smallest absolute Gasteiger partial charge is 0.171 e. The van der Waals surface area contributed by atoms with Gasteiger partial charge in [-0.05, 0) is 18.1 Å². The maximum atomic E-state index is 8.91. The van der Waals surface area contributed by atoms with Crippen LogP contribution in [0.4, 0.5) is 0 Å². The van der Waals surface area contributed by atoms with Crippen LogP contribution in [-0.2, 0) is 6.42 Å². The minimum absolute atomic E-state index is 0.311. The Balaban J connectivity index is 1.97. The molecule has 102 valence electrons. The Morgan fingerprint density at radius 1 is 0.952 bits per heavy atom. The summed E-state index contributed by atoms with van der Waals surface area (Å²) in [7, 11) is 0. The van der Waals surface area contributed by atoms with E-state index in [1.54, 1.807) is 0 Å². The first-order chi connectivity index (χ1) is 10.3. The fourth-order valence-corrected chi connectivity index (χ4v) is 2.35. The first-order valence-corrected chi connectivity index (χ1v) is 6.77. The lowest BCUT2D eigenvalue weighted by atomic mass is 10.0. The Morgan fingerprint density at radius 2 is 1.57 bits per heavy atom. The van der Waals surface area contributed by atoms with Crippen LogP contribution >= 0.6 is 0 Å². The van der Waals surface area contributed by atoms with E-state index in [-0.39, 0.29) is 0 Å². The highest BCUT2D eigenvalue weighted by molar-refractivity contribution is 5.69. The zero-order valence-electron chi connectivity index (χ0n) is 11.7. The molecule has 0 aliphatic carbocycles. The Bertz CT molecular complexity index is 780. The predicted octanol–water partition coefficient (Wildman–Crippen LogP) is 4.38. The number of nitriles is 1. The van der Waals surface area contributed by atoms with Crippen molar-refractivity contribution in [1.82, 2.24) is 5.16 Å². The average molecular weight is 274 g/mol. The molecule has 0 aliphatic heterocycles. The van der Waals surface area contributed by atoms with E-state index in [9.17, 15) is 0 Å². The van der Waals surface area contributed by atoms with E-state index < -0.39 is 0 Å². The zero-order chi connectivity index (χ0) is 14.7. The van der Waals surface area contributed by atoms with Gasteiger partial charge in [0.15, 0.2) is 5.76 Å². The Hall–Kier alpha value is -2.86. The van der Waals surface area contributed by atoms with Gasteiger partial charge in [0.1, 0.15) is 0 Å². The molecule has 2 aromatic carbocycles. The van der Waals surface area contributed by atoms with E-state index in [0.717, 1.165) is 22.4 Å². The van der Waals surface area contributed by atoms with Gasteiger partial charge < -0.3 is 4.52 Å². The SMILES string of the molecule is Cc1noc(-c2ccc(-c3ccccc3)cc2)c1CC#N. The molecule has 0 radical (unpaired) electrons. The summed E-state index contributed by atoms with van der Waals surface area (Å²) in [6.07, 6.45) is 0.311. The van der Waals surface area contributed by atoms with Gasteiger partial charge in [0.05, 0.1) is 18.2 Å². The van der Waals surface area contributed by atoms with Gasteiger partial charge in [-0.25, -0.2) is 0 Å². The molecule has 0 atom stereocenters. The van der Waals surface area contributed by atoms with Crippen LogP contribution in [0, 0.1) is 18.3 Å². The second kappa shape index (κ2) is 5.64. The molecule has 0 aliphatic rings. The summed E-state index contributed by atoms with van der Waals surface area (Å²) in [5.41, 5.74) is 4.91. The molecule has 0 N–H and O–H groups in total. The molecule has 0 fully saturated rings. The maximum absolute atomic E-state index is 8.91. The summed E-state index contributed by atoms with van der Waals surface area (Å²) in [5, 5.41) is 12.9. The molecule has 3 rings (SSSR count). The van der Waals surface area contributed by atoms with Crippen molar-refractivity contribution >= 4 is 0 Å². The molecule has 0 amide bonds. The minimum Gasteiger partial charge on any atom is -0.356 e. The van der Waals surface area contributed by atoms with Crippen LogP contribution in [-0.4, -0.2) is 5.16 Å². The largest absolute Gasteiger partial charge is 0.356 e. The van der Waals surface area contributed by atoms with Crippen LogP contribution in [0.2, 0.25) is 0 Å². The van der Waals surface area contributed by atoms with Crippen molar-refractivity contribution in [3.63, 3.8) is 0 Å². The molecule has 0 spiro atoms. The van der Waals surface area contributed by atoms with Gasteiger partial charge in [0, 0.05) is 11.1 Å². The van der Waals surface area contributed by atoms with E-state index in [2.05, 4.69) is 35.5 Å². The quantitative estimate of drug-likeness (QED) is 0.712. The number of nitrogens with zero attached hydrogens (tertiary/aromatic N) is 2. The standard InChI is InChI=1S/C18H14N2O/c1-13-17(11-12-19)18(21-20-13)16-9-7-15(8-10-16)14-5-3-2-4-6-14/h2-10H,11H2,1H3. The predicted molar refractivity (Wildman–Crippen MR) is 81.4 cm³/mol. The van der Waals surface area contributed by atoms with E-state index in [0.29, 0.717) is 12.2 Å². The van der Waals surface area contributed by atoms with E-state index in [1.807, 2.05) is 37.3 Å². The Kier molecular flexibility index (Phi) is 3.53. The maximum Gasteiger partial charge on any atom is 0.171 e. The summed E-state index contributed by atoms with van der Waals surface area (Å²) in [6.45, 7) is 1.86. The molecular formula is C18H14N2O. The number of aryl methyl sites for hydroxylation is 1. The van der Waals surface area contributed by atoms with E-state index in [4.69, 9.17) is 9.78 Å². The van der Waals surface area contributed by atoms with Crippen molar-refractivity contribution in [2.75, 3.05) is 0 Å². The normalized spacial score (nSPS) is 10.3. The molecule has 1 heterocycles. The lowest BCUT2D eigenvalue weighted by Crippen LogP contribution is -1.87. The molecule has 21 heavy (non-hydrogen) atoms. The van der Waals surface area contributed by atoms with Crippen molar-refractivity contribution in [2.45, 2.75) is 13.3 Å². The highest BCUT2D eigenvalue weighted by Gasteiger charge is 2.14. The first kappa shape index (κ1) is 13.1. The van der Waals surface area contributed by atoms with Crippen LogP contribution in [0.1, 0.15) is 11.3 Å². The van der Waals surface area contributed by atoms with Crippen molar-refractivity contribution in [1.29, 1.82) is 5.26 Å². The molecule has 3 aromatic rings. The summed E-state index contributed by atoms with van der Waals surface area (Å²) in [5.74, 6) is 0.689. The Labute approximate surface area is 123 Å². The fourth-order valence-electron chi connectivity index (χ4n) is 2.35. The molecule has 3 heteroatoms. The summed E-state index contributed by atoms with van der Waals surface area (Å²) < 4.78 is 5.38. The van der Waals surface area contributed by atoms with Gasteiger partial charge in [-0.3, -0.25) is 0 Å². The lowest BCUT2D eigenvalue weighted by Gasteiger charge is -2.03. The molecule has 0 unspecified atom stereocenters. The van der Waals surface area contributed by atoms with Gasteiger partial charge in [-0.15, -0.1) is 0 Å². The molecule has 3 nitrogen and oxygen atoms in total. The third-order valence-corrected chi connectivity index (χ3v) is 3.49. The van der Waals surface area contributed by atoms with Crippen molar-refractivity contribution in [3.8, 4) is 28.5 Å². The van der Waals surface area contributed by atoms with Gasteiger partial charge in [-0.2, -0.15) is 5.26 Å². The highest BCUT2D eigenvalue weighted by Crippen LogP contribution is 2.28. The third kappa shape index (κ3) is 2.56. The van der Waals surface area contributed by atoms with Crippen molar-refractivity contribution in [2.24, 2.45) is 0 Å². The first-order valence-electron chi connectivity index (χ1n) is 6.77. The van der Waals surface area contributed by atoms with Crippen molar-refractivity contribution in [3.05, 3.63) is 65.9 Å². The van der Waals surface area contributed by atoms with Crippen LogP contribution in [0.15, 0.2) is 59.1 Å². The summed E-state index contributed by atoms with van der Waals surface area (Å²) >= 11 is 0. The number of benzene rings is 2. The molecule has 0 bridgehead atoms. The van der Waals surface area contributed by atoms with Gasteiger partial charge >= 0.3 is 0 Å². The minimum atomic E-state index is 0.311. The van der Waals surface area contributed by atoms with Crippen LogP contribution < -0.4 is 0 Å². The van der Waals surface area contributed by atoms with Crippen LogP contribution in [0.25, 0.3) is 22.5 Å². The summed E-state index contributed by atoms with van der Waals surface area (Å²) in [4.78, 5) is 0. The molecule has 0 saturated heterocycles. The molecule has 1 aromatic heterocycles. The fraction of sp³-hybridized carbons (Fsp3) is 0.111. The van der Waals surface area contributed by atoms with Gasteiger partial charge in [0.2, 0.25) is 0 Å². The second-order valence-electron chi connectivity index (χ2n) is 4.85. The number of hydrogen-bond donors (Lipinski definition) is 0. The number of hydrogen-bond acceptors (Lipinski definition) is 3. The average Bonchev–Trinajstić information content (AvgIpc) is 2.90. The van der Waals surface area contributed by atoms with Crippen molar-refractivity contribution < 1.29 is 4.52 Å². The van der Waals surface area contributed by atoms with E-state index >= 15 is 0 Å². The third-order valence-electron chi connectivity index (χ3n) is 3.49. The highest BCUT2D eigenvalue weighted by atomic mass is 16.5. The molecule has 0 saturated carbocycles. The van der Waals surface area contributed by atoms with Crippen LogP contribution in [0.3, 0.4) is 0 Å². The van der Waals surface area contributed by atoms with Gasteiger partial charge in [0.25, 0.3) is 0 Å². The monoisotopic (exact) mass is 274 g/mol. The second-order valence-corrected chi connectivity index (χ2v) is 4.85. The Morgan fingerprint density at radius 3 is 2.24 bits per heavy atom. The van der Waals surface area contributed by atoms with Crippen LogP contribution in [0.5, 0.6) is 0 Å². The lowest BCUT2D eigenvalue weighted by molar-refractivity contribution is 0.427. The topological polar surface area (TPSA) is 49.8 Å². The molecular weight excluding hydrogens is 260 g/mol. The zero-order valence-corrected chi connectivity index (χ0v) is 11.7. The van der Waals surface area contributed by atoms with E-state index in [1.165, 1.54) is 5.56 Å². The number of aromatic nitrogens is 1.